The fourth-order valence-corrected chi connectivity index (χ4v) is 2.55. The SMILES string of the molecule is CC1CC(NC(=O)c2cc3c(cc2N)OCO3)CCO1. The molecule has 2 aliphatic rings. The van der Waals surface area contributed by atoms with Crippen LogP contribution in [0.25, 0.3) is 0 Å². The number of amides is 1. The molecule has 6 heteroatoms. The predicted octanol–water partition coefficient (Wildman–Crippen LogP) is 1.29. The maximum absolute atomic E-state index is 12.3. The molecule has 2 aliphatic heterocycles. The van der Waals surface area contributed by atoms with Crippen LogP contribution in [0.15, 0.2) is 12.1 Å². The molecule has 6 nitrogen and oxygen atoms in total. The summed E-state index contributed by atoms with van der Waals surface area (Å²) in [4.78, 5) is 12.3. The number of hydrogen-bond donors (Lipinski definition) is 2. The number of nitrogens with two attached hydrogens (primary N) is 1. The zero-order chi connectivity index (χ0) is 14.1. The maximum Gasteiger partial charge on any atom is 0.253 e. The van der Waals surface area contributed by atoms with Gasteiger partial charge in [-0.1, -0.05) is 0 Å². The Hall–Kier alpha value is -1.95. The summed E-state index contributed by atoms with van der Waals surface area (Å²) in [5.74, 6) is 0.961. The van der Waals surface area contributed by atoms with Gasteiger partial charge in [0.05, 0.1) is 11.7 Å². The second-order valence-corrected chi connectivity index (χ2v) is 5.17. The van der Waals surface area contributed by atoms with E-state index in [1.165, 1.54) is 0 Å². The molecular weight excluding hydrogens is 260 g/mol. The van der Waals surface area contributed by atoms with Crippen molar-refractivity contribution in [3.8, 4) is 11.5 Å². The Kier molecular flexibility index (Phi) is 3.40. The third-order valence-corrected chi connectivity index (χ3v) is 3.61. The minimum atomic E-state index is -0.181. The molecule has 1 aromatic carbocycles. The highest BCUT2D eigenvalue weighted by molar-refractivity contribution is 6.00. The zero-order valence-electron chi connectivity index (χ0n) is 11.3. The van der Waals surface area contributed by atoms with Crippen LogP contribution in [-0.2, 0) is 4.74 Å². The Balaban J connectivity index is 1.74. The van der Waals surface area contributed by atoms with Gasteiger partial charge < -0.3 is 25.3 Å². The van der Waals surface area contributed by atoms with Gasteiger partial charge in [0.25, 0.3) is 5.91 Å². The van der Waals surface area contributed by atoms with E-state index in [1.54, 1.807) is 12.1 Å². The number of nitrogen functional groups attached to an aromatic ring is 1. The van der Waals surface area contributed by atoms with Crippen molar-refractivity contribution in [1.82, 2.24) is 5.32 Å². The lowest BCUT2D eigenvalue weighted by Gasteiger charge is -2.28. The molecule has 0 aliphatic carbocycles. The molecule has 0 bridgehead atoms. The molecule has 0 saturated carbocycles. The summed E-state index contributed by atoms with van der Waals surface area (Å²) >= 11 is 0. The lowest BCUT2D eigenvalue weighted by Crippen LogP contribution is -2.41. The zero-order valence-corrected chi connectivity index (χ0v) is 11.3. The molecule has 108 valence electrons. The van der Waals surface area contributed by atoms with Crippen molar-refractivity contribution < 1.29 is 19.0 Å². The minimum Gasteiger partial charge on any atom is -0.454 e. The lowest BCUT2D eigenvalue weighted by molar-refractivity contribution is 0.0136. The van der Waals surface area contributed by atoms with Crippen molar-refractivity contribution in [2.75, 3.05) is 19.1 Å². The van der Waals surface area contributed by atoms with Crippen LogP contribution in [-0.4, -0.2) is 31.5 Å². The molecule has 1 fully saturated rings. The van der Waals surface area contributed by atoms with Crippen LogP contribution in [0.2, 0.25) is 0 Å². The summed E-state index contributed by atoms with van der Waals surface area (Å²) in [6.07, 6.45) is 1.81. The van der Waals surface area contributed by atoms with Crippen LogP contribution >= 0.6 is 0 Å². The average Bonchev–Trinajstić information content (AvgIpc) is 2.84. The maximum atomic E-state index is 12.3. The van der Waals surface area contributed by atoms with E-state index < -0.39 is 0 Å². The molecule has 2 heterocycles. The van der Waals surface area contributed by atoms with Gasteiger partial charge in [0, 0.05) is 24.4 Å². The number of rotatable bonds is 2. The predicted molar refractivity (Wildman–Crippen MR) is 72.9 cm³/mol. The largest absolute Gasteiger partial charge is 0.454 e. The average molecular weight is 278 g/mol. The summed E-state index contributed by atoms with van der Waals surface area (Å²) in [5, 5.41) is 3.00. The number of nitrogens with one attached hydrogen (secondary N) is 1. The van der Waals surface area contributed by atoms with Gasteiger partial charge in [0.15, 0.2) is 11.5 Å². The van der Waals surface area contributed by atoms with Gasteiger partial charge in [-0.3, -0.25) is 4.79 Å². The summed E-state index contributed by atoms with van der Waals surface area (Å²) in [6.45, 7) is 2.84. The highest BCUT2D eigenvalue weighted by atomic mass is 16.7. The monoisotopic (exact) mass is 278 g/mol. The lowest BCUT2D eigenvalue weighted by atomic mass is 10.0. The molecule has 0 spiro atoms. The first-order chi connectivity index (χ1) is 9.63. The Labute approximate surface area is 117 Å². The van der Waals surface area contributed by atoms with Gasteiger partial charge in [-0.25, -0.2) is 0 Å². The highest BCUT2D eigenvalue weighted by Crippen LogP contribution is 2.36. The van der Waals surface area contributed by atoms with Gasteiger partial charge in [-0.05, 0) is 25.8 Å². The highest BCUT2D eigenvalue weighted by Gasteiger charge is 2.24. The third-order valence-electron chi connectivity index (χ3n) is 3.61. The number of fused-ring (bicyclic) bond motifs is 1. The van der Waals surface area contributed by atoms with Crippen LogP contribution in [0.4, 0.5) is 5.69 Å². The van der Waals surface area contributed by atoms with Gasteiger partial charge in [-0.15, -0.1) is 0 Å². The van der Waals surface area contributed by atoms with Gasteiger partial charge in [0.2, 0.25) is 6.79 Å². The Morgan fingerprint density at radius 1 is 1.35 bits per heavy atom. The smallest absolute Gasteiger partial charge is 0.253 e. The van der Waals surface area contributed by atoms with E-state index in [9.17, 15) is 4.79 Å². The summed E-state index contributed by atoms with van der Waals surface area (Å²) < 4.78 is 16.0. The molecule has 3 N–H and O–H groups in total. The Morgan fingerprint density at radius 2 is 2.10 bits per heavy atom. The van der Waals surface area contributed by atoms with Crippen LogP contribution in [0.5, 0.6) is 11.5 Å². The molecule has 1 amide bonds. The molecule has 1 aromatic rings. The van der Waals surface area contributed by atoms with E-state index in [0.29, 0.717) is 29.4 Å². The van der Waals surface area contributed by atoms with E-state index in [-0.39, 0.29) is 24.8 Å². The van der Waals surface area contributed by atoms with E-state index in [4.69, 9.17) is 19.9 Å². The molecule has 2 atom stereocenters. The number of benzene rings is 1. The van der Waals surface area contributed by atoms with Crippen molar-refractivity contribution in [2.24, 2.45) is 0 Å². The van der Waals surface area contributed by atoms with Gasteiger partial charge in [-0.2, -0.15) is 0 Å². The minimum absolute atomic E-state index is 0.121. The quantitative estimate of drug-likeness (QED) is 0.797. The third kappa shape index (κ3) is 2.51. The van der Waals surface area contributed by atoms with E-state index in [2.05, 4.69) is 5.32 Å². The van der Waals surface area contributed by atoms with E-state index >= 15 is 0 Å². The fraction of sp³-hybridized carbons (Fsp3) is 0.500. The number of ether oxygens (including phenoxy) is 3. The molecule has 20 heavy (non-hydrogen) atoms. The number of carbonyl (C=O) groups excluding carboxylic acids is 1. The van der Waals surface area contributed by atoms with Crippen LogP contribution < -0.4 is 20.5 Å². The van der Waals surface area contributed by atoms with Crippen LogP contribution in [0.3, 0.4) is 0 Å². The Bertz CT molecular complexity index is 532. The number of carbonyl (C=O) groups is 1. The topological polar surface area (TPSA) is 82.8 Å². The second kappa shape index (κ2) is 5.20. The van der Waals surface area contributed by atoms with E-state index in [0.717, 1.165) is 12.8 Å². The first-order valence-electron chi connectivity index (χ1n) is 6.75. The van der Waals surface area contributed by atoms with Crippen LogP contribution in [0, 0.1) is 0 Å². The standard InChI is InChI=1S/C14H18N2O4/c1-8-4-9(2-3-18-8)16-14(17)10-5-12-13(6-11(10)15)20-7-19-12/h5-6,8-9H,2-4,7,15H2,1H3,(H,16,17). The molecule has 3 rings (SSSR count). The van der Waals surface area contributed by atoms with Crippen LogP contribution in [0.1, 0.15) is 30.1 Å². The first kappa shape index (κ1) is 13.1. The Morgan fingerprint density at radius 3 is 2.85 bits per heavy atom. The van der Waals surface area contributed by atoms with Crippen molar-refractivity contribution in [2.45, 2.75) is 31.9 Å². The fourth-order valence-electron chi connectivity index (χ4n) is 2.55. The normalized spacial score (nSPS) is 24.4. The number of hydrogen-bond acceptors (Lipinski definition) is 5. The van der Waals surface area contributed by atoms with Crippen molar-refractivity contribution in [1.29, 1.82) is 0 Å². The van der Waals surface area contributed by atoms with Gasteiger partial charge >= 0.3 is 0 Å². The summed E-state index contributed by atoms with van der Waals surface area (Å²) in [7, 11) is 0. The van der Waals surface area contributed by atoms with E-state index in [1.807, 2.05) is 6.92 Å². The van der Waals surface area contributed by atoms with Gasteiger partial charge in [0.1, 0.15) is 0 Å². The first-order valence-corrected chi connectivity index (χ1v) is 6.75. The van der Waals surface area contributed by atoms with Crippen molar-refractivity contribution in [3.05, 3.63) is 17.7 Å². The second-order valence-electron chi connectivity index (χ2n) is 5.17. The molecule has 0 aromatic heterocycles. The summed E-state index contributed by atoms with van der Waals surface area (Å²) in [5.41, 5.74) is 6.73. The summed E-state index contributed by atoms with van der Waals surface area (Å²) in [6, 6.07) is 3.38. The van der Waals surface area contributed by atoms with Crippen molar-refractivity contribution in [3.63, 3.8) is 0 Å². The molecule has 1 saturated heterocycles. The van der Waals surface area contributed by atoms with Crippen molar-refractivity contribution >= 4 is 11.6 Å². The molecule has 0 radical (unpaired) electrons. The number of anilines is 1. The molecular formula is C14H18N2O4. The molecule has 2 unspecified atom stereocenters.